The largest absolute Gasteiger partial charge is 0.339 e. The lowest BCUT2D eigenvalue weighted by Gasteiger charge is -2.39. The molecule has 1 fully saturated rings. The number of hydrogen-bond acceptors (Lipinski definition) is 6. The van der Waals surface area contributed by atoms with E-state index in [-0.39, 0.29) is 5.41 Å². The summed E-state index contributed by atoms with van der Waals surface area (Å²) in [5.41, 5.74) is 6.62. The van der Waals surface area contributed by atoms with E-state index in [1.54, 1.807) is 18.6 Å². The van der Waals surface area contributed by atoms with E-state index in [1.165, 1.54) is 6.42 Å². The Morgan fingerprint density at radius 3 is 2.83 bits per heavy atom. The van der Waals surface area contributed by atoms with Gasteiger partial charge < -0.3 is 10.3 Å². The number of nitrogens with two attached hydrogens (primary N) is 1. The van der Waals surface area contributed by atoms with Gasteiger partial charge in [-0.1, -0.05) is 11.6 Å². The van der Waals surface area contributed by atoms with Crippen molar-refractivity contribution in [3.8, 4) is 11.5 Å². The summed E-state index contributed by atoms with van der Waals surface area (Å²) in [6.45, 7) is 0.676. The van der Waals surface area contributed by atoms with Crippen LogP contribution in [0.25, 0.3) is 11.5 Å². The van der Waals surface area contributed by atoms with Gasteiger partial charge in [-0.2, -0.15) is 4.98 Å². The van der Waals surface area contributed by atoms with Crippen LogP contribution in [-0.4, -0.2) is 26.7 Å². The summed E-state index contributed by atoms with van der Waals surface area (Å²) in [5, 5.41) is 3.93. The molecular formula is C12H15N5O. The van der Waals surface area contributed by atoms with E-state index >= 15 is 0 Å². The molecule has 94 valence electrons. The van der Waals surface area contributed by atoms with Gasteiger partial charge in [0.05, 0.1) is 6.20 Å². The Morgan fingerprint density at radius 2 is 2.22 bits per heavy atom. The molecule has 0 amide bonds. The highest BCUT2D eigenvalue weighted by Gasteiger charge is 2.37. The molecule has 2 aromatic rings. The van der Waals surface area contributed by atoms with Gasteiger partial charge in [-0.15, -0.1) is 0 Å². The maximum atomic E-state index is 5.82. The fourth-order valence-corrected chi connectivity index (χ4v) is 2.30. The smallest absolute Gasteiger partial charge is 0.227 e. The summed E-state index contributed by atoms with van der Waals surface area (Å²) in [4.78, 5) is 12.5. The molecule has 6 nitrogen and oxygen atoms in total. The van der Waals surface area contributed by atoms with Gasteiger partial charge in [-0.3, -0.25) is 4.98 Å². The van der Waals surface area contributed by atoms with E-state index in [9.17, 15) is 0 Å². The van der Waals surface area contributed by atoms with Gasteiger partial charge in [0.1, 0.15) is 5.69 Å². The minimum absolute atomic E-state index is 0.173. The standard InChI is InChI=1S/C12H15N5O/c13-8-12(2-1-3-12)6-10-16-11(17-18-10)9-7-14-4-5-15-9/h4-5,7H,1-3,6,8,13H2. The van der Waals surface area contributed by atoms with Crippen LogP contribution in [0.1, 0.15) is 25.2 Å². The van der Waals surface area contributed by atoms with Gasteiger partial charge >= 0.3 is 0 Å². The summed E-state index contributed by atoms with van der Waals surface area (Å²) >= 11 is 0. The van der Waals surface area contributed by atoms with Crippen molar-refractivity contribution >= 4 is 0 Å². The molecule has 3 rings (SSSR count). The van der Waals surface area contributed by atoms with Crippen LogP contribution in [0, 0.1) is 5.41 Å². The SMILES string of the molecule is NCC1(Cc2nc(-c3cnccn3)no2)CCC1. The van der Waals surface area contributed by atoms with Gasteiger partial charge in [0.2, 0.25) is 11.7 Å². The molecule has 6 heteroatoms. The Hall–Kier alpha value is -1.82. The topological polar surface area (TPSA) is 90.7 Å². The lowest BCUT2D eigenvalue weighted by molar-refractivity contribution is 0.129. The molecule has 2 aromatic heterocycles. The Bertz CT molecular complexity index is 515. The molecule has 0 atom stereocenters. The fraction of sp³-hybridized carbons (Fsp3) is 0.500. The highest BCUT2D eigenvalue weighted by atomic mass is 16.5. The van der Waals surface area contributed by atoms with E-state index in [0.29, 0.717) is 24.0 Å². The van der Waals surface area contributed by atoms with Crippen molar-refractivity contribution in [3.63, 3.8) is 0 Å². The molecule has 2 N–H and O–H groups in total. The van der Waals surface area contributed by atoms with Crippen molar-refractivity contribution in [2.24, 2.45) is 11.1 Å². The summed E-state index contributed by atoms with van der Waals surface area (Å²) in [7, 11) is 0. The molecule has 0 bridgehead atoms. The molecule has 0 aliphatic heterocycles. The average molecular weight is 245 g/mol. The van der Waals surface area contributed by atoms with E-state index in [4.69, 9.17) is 10.3 Å². The molecule has 1 aliphatic rings. The van der Waals surface area contributed by atoms with E-state index in [2.05, 4.69) is 20.1 Å². The maximum Gasteiger partial charge on any atom is 0.227 e. The molecule has 0 saturated heterocycles. The zero-order valence-corrected chi connectivity index (χ0v) is 10.0. The van der Waals surface area contributed by atoms with Crippen molar-refractivity contribution in [1.29, 1.82) is 0 Å². The van der Waals surface area contributed by atoms with Gasteiger partial charge in [0.15, 0.2) is 0 Å². The number of hydrogen-bond donors (Lipinski definition) is 1. The summed E-state index contributed by atoms with van der Waals surface area (Å²) < 4.78 is 5.27. The Balaban J connectivity index is 1.78. The van der Waals surface area contributed by atoms with Crippen LogP contribution >= 0.6 is 0 Å². The molecule has 18 heavy (non-hydrogen) atoms. The first kappa shape index (κ1) is 11.3. The van der Waals surface area contributed by atoms with E-state index in [0.717, 1.165) is 19.3 Å². The molecule has 1 aliphatic carbocycles. The molecule has 0 radical (unpaired) electrons. The second kappa shape index (κ2) is 4.45. The predicted molar refractivity (Wildman–Crippen MR) is 64.4 cm³/mol. The summed E-state index contributed by atoms with van der Waals surface area (Å²) in [6, 6.07) is 0. The highest BCUT2D eigenvalue weighted by molar-refractivity contribution is 5.45. The zero-order valence-electron chi connectivity index (χ0n) is 10.0. The average Bonchev–Trinajstić information content (AvgIpc) is 2.83. The third kappa shape index (κ3) is 1.99. The lowest BCUT2D eigenvalue weighted by Crippen LogP contribution is -2.39. The van der Waals surface area contributed by atoms with Crippen molar-refractivity contribution in [3.05, 3.63) is 24.5 Å². The van der Waals surface area contributed by atoms with Crippen LogP contribution in [0.2, 0.25) is 0 Å². The van der Waals surface area contributed by atoms with Crippen molar-refractivity contribution < 1.29 is 4.52 Å². The molecular weight excluding hydrogens is 230 g/mol. The van der Waals surface area contributed by atoms with Crippen LogP contribution in [0.3, 0.4) is 0 Å². The first-order valence-electron chi connectivity index (χ1n) is 6.10. The van der Waals surface area contributed by atoms with Crippen molar-refractivity contribution in [1.82, 2.24) is 20.1 Å². The van der Waals surface area contributed by atoms with Crippen LogP contribution in [0.5, 0.6) is 0 Å². The van der Waals surface area contributed by atoms with Crippen molar-refractivity contribution in [2.75, 3.05) is 6.54 Å². The maximum absolute atomic E-state index is 5.82. The molecule has 1 saturated carbocycles. The van der Waals surface area contributed by atoms with Crippen LogP contribution in [0.4, 0.5) is 0 Å². The van der Waals surface area contributed by atoms with E-state index < -0.39 is 0 Å². The second-order valence-electron chi connectivity index (χ2n) is 4.84. The lowest BCUT2D eigenvalue weighted by atomic mass is 9.67. The summed E-state index contributed by atoms with van der Waals surface area (Å²) in [5.74, 6) is 1.13. The quantitative estimate of drug-likeness (QED) is 0.870. The van der Waals surface area contributed by atoms with Gasteiger partial charge in [-0.05, 0) is 24.8 Å². The fourth-order valence-electron chi connectivity index (χ4n) is 2.30. The van der Waals surface area contributed by atoms with Gasteiger partial charge in [-0.25, -0.2) is 4.98 Å². The number of aromatic nitrogens is 4. The first-order chi connectivity index (χ1) is 8.81. The van der Waals surface area contributed by atoms with Gasteiger partial charge in [0, 0.05) is 18.8 Å². The Morgan fingerprint density at radius 1 is 1.33 bits per heavy atom. The highest BCUT2D eigenvalue weighted by Crippen LogP contribution is 2.42. The minimum atomic E-state index is 0.173. The third-order valence-electron chi connectivity index (χ3n) is 3.63. The number of rotatable bonds is 4. The Labute approximate surface area is 105 Å². The normalized spacial score (nSPS) is 17.4. The molecule has 0 unspecified atom stereocenters. The van der Waals surface area contributed by atoms with Crippen LogP contribution < -0.4 is 5.73 Å². The summed E-state index contributed by atoms with van der Waals surface area (Å²) in [6.07, 6.45) is 9.13. The second-order valence-corrected chi connectivity index (χ2v) is 4.84. The molecule has 0 aromatic carbocycles. The van der Waals surface area contributed by atoms with Crippen LogP contribution in [0.15, 0.2) is 23.1 Å². The Kier molecular flexibility index (Phi) is 2.79. The third-order valence-corrected chi connectivity index (χ3v) is 3.63. The first-order valence-corrected chi connectivity index (χ1v) is 6.10. The van der Waals surface area contributed by atoms with Crippen molar-refractivity contribution in [2.45, 2.75) is 25.7 Å². The zero-order chi connectivity index (χ0) is 12.4. The predicted octanol–water partition coefficient (Wildman–Crippen LogP) is 1.20. The molecule has 2 heterocycles. The minimum Gasteiger partial charge on any atom is -0.339 e. The van der Waals surface area contributed by atoms with Crippen LogP contribution in [-0.2, 0) is 6.42 Å². The number of nitrogens with zero attached hydrogens (tertiary/aromatic N) is 4. The van der Waals surface area contributed by atoms with E-state index in [1.807, 2.05) is 0 Å². The molecule has 0 spiro atoms. The van der Waals surface area contributed by atoms with Gasteiger partial charge in [0.25, 0.3) is 0 Å². The monoisotopic (exact) mass is 245 g/mol.